The van der Waals surface area contributed by atoms with Gasteiger partial charge >= 0.3 is 0 Å². The zero-order chi connectivity index (χ0) is 12.6. The monoisotopic (exact) mass is 228 g/mol. The summed E-state index contributed by atoms with van der Waals surface area (Å²) in [4.78, 5) is 0. The Morgan fingerprint density at radius 3 is 2.18 bits per heavy atom. The highest BCUT2D eigenvalue weighted by atomic mass is 14.9. The van der Waals surface area contributed by atoms with Crippen LogP contribution in [0.2, 0.25) is 0 Å². The maximum Gasteiger partial charge on any atom is 0.184 e. The number of hydrogen-bond donors (Lipinski definition) is 0. The van der Waals surface area contributed by atoms with Gasteiger partial charge in [-0.25, -0.2) is 4.57 Å². The molecule has 2 aromatic rings. The SMILES string of the molecule is CC(C)c1ccc2cc(C(C)C)[n+](C)cc2c1. The first-order valence-corrected chi connectivity index (χ1v) is 6.42. The summed E-state index contributed by atoms with van der Waals surface area (Å²) in [6.45, 7) is 8.96. The van der Waals surface area contributed by atoms with Gasteiger partial charge in [0.05, 0.1) is 0 Å². The summed E-state index contributed by atoms with van der Waals surface area (Å²) in [6.07, 6.45) is 2.25. The van der Waals surface area contributed by atoms with Crippen LogP contribution in [0.25, 0.3) is 10.8 Å². The first kappa shape index (κ1) is 12.1. The van der Waals surface area contributed by atoms with Crippen molar-refractivity contribution in [2.75, 3.05) is 0 Å². The Morgan fingerprint density at radius 1 is 0.882 bits per heavy atom. The molecule has 0 aliphatic carbocycles. The van der Waals surface area contributed by atoms with Gasteiger partial charge in [-0.2, -0.15) is 0 Å². The van der Waals surface area contributed by atoms with Crippen LogP contribution in [0.1, 0.15) is 50.8 Å². The fourth-order valence-electron chi connectivity index (χ4n) is 2.31. The van der Waals surface area contributed by atoms with E-state index in [0.29, 0.717) is 11.8 Å². The number of nitrogens with zero attached hydrogens (tertiary/aromatic N) is 1. The zero-order valence-corrected chi connectivity index (χ0v) is 11.5. The minimum absolute atomic E-state index is 0.564. The van der Waals surface area contributed by atoms with E-state index >= 15 is 0 Å². The van der Waals surface area contributed by atoms with Crippen LogP contribution in [0.15, 0.2) is 30.5 Å². The average molecular weight is 228 g/mol. The number of pyridine rings is 1. The molecule has 0 saturated heterocycles. The van der Waals surface area contributed by atoms with E-state index in [4.69, 9.17) is 0 Å². The van der Waals surface area contributed by atoms with Crippen molar-refractivity contribution in [1.82, 2.24) is 0 Å². The number of aromatic nitrogens is 1. The van der Waals surface area contributed by atoms with Crippen LogP contribution in [0.4, 0.5) is 0 Å². The molecule has 0 bridgehead atoms. The molecule has 17 heavy (non-hydrogen) atoms. The van der Waals surface area contributed by atoms with Crippen LogP contribution in [0, 0.1) is 0 Å². The van der Waals surface area contributed by atoms with Gasteiger partial charge in [-0.05, 0) is 22.9 Å². The van der Waals surface area contributed by atoms with E-state index in [1.54, 1.807) is 0 Å². The Bertz CT molecular complexity index is 538. The lowest BCUT2D eigenvalue weighted by atomic mass is 9.98. The molecule has 90 valence electrons. The van der Waals surface area contributed by atoms with Crippen molar-refractivity contribution in [2.45, 2.75) is 39.5 Å². The van der Waals surface area contributed by atoms with E-state index in [2.05, 4.69) is 69.8 Å². The summed E-state index contributed by atoms with van der Waals surface area (Å²) in [7, 11) is 2.14. The highest BCUT2D eigenvalue weighted by molar-refractivity contribution is 5.82. The summed E-state index contributed by atoms with van der Waals surface area (Å²) in [5, 5.41) is 2.68. The Balaban J connectivity index is 2.62. The lowest BCUT2D eigenvalue weighted by Crippen LogP contribution is -2.33. The number of aryl methyl sites for hydroxylation is 1. The lowest BCUT2D eigenvalue weighted by Gasteiger charge is -2.08. The van der Waals surface area contributed by atoms with Crippen molar-refractivity contribution >= 4 is 10.8 Å². The first-order chi connectivity index (χ1) is 7.99. The number of fused-ring (bicyclic) bond motifs is 1. The molecule has 1 aromatic heterocycles. The smallest absolute Gasteiger partial charge is 0.184 e. The van der Waals surface area contributed by atoms with E-state index in [0.717, 1.165) is 0 Å². The predicted molar refractivity (Wildman–Crippen MR) is 73.3 cm³/mol. The van der Waals surface area contributed by atoms with E-state index in [9.17, 15) is 0 Å². The average Bonchev–Trinajstić information content (AvgIpc) is 2.26. The van der Waals surface area contributed by atoms with Gasteiger partial charge in [0.1, 0.15) is 7.05 Å². The van der Waals surface area contributed by atoms with Crippen molar-refractivity contribution in [2.24, 2.45) is 7.05 Å². The van der Waals surface area contributed by atoms with Crippen LogP contribution in [0.3, 0.4) is 0 Å². The van der Waals surface area contributed by atoms with Crippen LogP contribution >= 0.6 is 0 Å². The van der Waals surface area contributed by atoms with Gasteiger partial charge in [-0.15, -0.1) is 0 Å². The molecule has 0 aliphatic heterocycles. The van der Waals surface area contributed by atoms with Crippen molar-refractivity contribution in [3.05, 3.63) is 41.7 Å². The first-order valence-electron chi connectivity index (χ1n) is 6.42. The molecule has 2 rings (SSSR count). The van der Waals surface area contributed by atoms with Gasteiger partial charge in [-0.3, -0.25) is 0 Å². The molecule has 0 atom stereocenters. The lowest BCUT2D eigenvalue weighted by molar-refractivity contribution is -0.678. The van der Waals surface area contributed by atoms with E-state index in [1.807, 2.05) is 0 Å². The highest BCUT2D eigenvalue weighted by Crippen LogP contribution is 2.22. The second-order valence-electron chi connectivity index (χ2n) is 5.51. The Morgan fingerprint density at radius 2 is 1.59 bits per heavy atom. The second-order valence-corrected chi connectivity index (χ2v) is 5.51. The van der Waals surface area contributed by atoms with Gasteiger partial charge in [0, 0.05) is 17.4 Å². The predicted octanol–water partition coefficient (Wildman–Crippen LogP) is 3.91. The second kappa shape index (κ2) is 4.48. The normalized spacial score (nSPS) is 11.7. The topological polar surface area (TPSA) is 3.88 Å². The summed E-state index contributed by atoms with van der Waals surface area (Å²) in [5.74, 6) is 1.16. The number of benzene rings is 1. The van der Waals surface area contributed by atoms with Gasteiger partial charge in [0.15, 0.2) is 11.9 Å². The molecule has 1 nitrogen and oxygen atoms in total. The molecule has 1 heterocycles. The quantitative estimate of drug-likeness (QED) is 0.686. The molecule has 0 unspecified atom stereocenters. The molecule has 0 amide bonds. The van der Waals surface area contributed by atoms with Crippen molar-refractivity contribution < 1.29 is 4.57 Å². The van der Waals surface area contributed by atoms with Crippen LogP contribution < -0.4 is 4.57 Å². The molecule has 0 aliphatic rings. The Labute approximate surface area is 104 Å². The van der Waals surface area contributed by atoms with Crippen LogP contribution in [-0.2, 0) is 7.05 Å². The van der Waals surface area contributed by atoms with Crippen molar-refractivity contribution in [3.8, 4) is 0 Å². The molecule has 0 fully saturated rings. The number of rotatable bonds is 2. The molecular weight excluding hydrogens is 206 g/mol. The van der Waals surface area contributed by atoms with Crippen molar-refractivity contribution in [3.63, 3.8) is 0 Å². The Hall–Kier alpha value is -1.37. The molecular formula is C16H22N+. The maximum atomic E-state index is 2.31. The molecule has 1 heteroatoms. The van der Waals surface area contributed by atoms with Gasteiger partial charge in [-0.1, -0.05) is 39.8 Å². The largest absolute Gasteiger partial charge is 0.204 e. The summed E-state index contributed by atoms with van der Waals surface area (Å²) < 4.78 is 2.25. The molecule has 0 N–H and O–H groups in total. The summed E-state index contributed by atoms with van der Waals surface area (Å²) in [6, 6.07) is 9.11. The Kier molecular flexibility index (Phi) is 3.19. The molecule has 0 radical (unpaired) electrons. The minimum atomic E-state index is 0.564. The van der Waals surface area contributed by atoms with Gasteiger partial charge in [0.2, 0.25) is 0 Å². The standard InChI is InChI=1S/C16H22N/c1-11(2)13-6-7-14-9-16(12(3)4)17(5)10-15(14)8-13/h6-12H,1-5H3/q+1. The van der Waals surface area contributed by atoms with E-state index < -0.39 is 0 Å². The molecule has 0 saturated carbocycles. The third kappa shape index (κ3) is 2.33. The fourth-order valence-corrected chi connectivity index (χ4v) is 2.31. The van der Waals surface area contributed by atoms with Gasteiger partial charge < -0.3 is 0 Å². The van der Waals surface area contributed by atoms with E-state index in [1.165, 1.54) is 22.0 Å². The van der Waals surface area contributed by atoms with Crippen molar-refractivity contribution in [1.29, 1.82) is 0 Å². The highest BCUT2D eigenvalue weighted by Gasteiger charge is 2.13. The summed E-state index contributed by atoms with van der Waals surface area (Å²) in [5.41, 5.74) is 2.80. The molecule has 0 spiro atoms. The minimum Gasteiger partial charge on any atom is -0.204 e. The van der Waals surface area contributed by atoms with E-state index in [-0.39, 0.29) is 0 Å². The summed E-state index contributed by atoms with van der Waals surface area (Å²) >= 11 is 0. The van der Waals surface area contributed by atoms with Crippen LogP contribution in [-0.4, -0.2) is 0 Å². The molecule has 1 aromatic carbocycles. The third-order valence-electron chi connectivity index (χ3n) is 3.41. The fraction of sp³-hybridized carbons (Fsp3) is 0.438. The number of hydrogen-bond acceptors (Lipinski definition) is 0. The third-order valence-corrected chi connectivity index (χ3v) is 3.41. The zero-order valence-electron chi connectivity index (χ0n) is 11.5. The van der Waals surface area contributed by atoms with Crippen LogP contribution in [0.5, 0.6) is 0 Å². The maximum absolute atomic E-state index is 2.31. The van der Waals surface area contributed by atoms with Gasteiger partial charge in [0.25, 0.3) is 0 Å².